The quantitative estimate of drug-likeness (QED) is 0.613. The molecular weight excluding hydrogens is 441 g/mol. The summed E-state index contributed by atoms with van der Waals surface area (Å²) in [6.45, 7) is -1.75. The molecule has 1 aromatic carbocycles. The van der Waals surface area contributed by atoms with Crippen LogP contribution in [0.1, 0.15) is 5.56 Å². The summed E-state index contributed by atoms with van der Waals surface area (Å²) in [5.41, 5.74) is -1.85. The molecule has 0 radical (unpaired) electrons. The van der Waals surface area contributed by atoms with E-state index in [9.17, 15) is 31.2 Å². The lowest BCUT2D eigenvalue weighted by atomic mass is 10.1. The first-order chi connectivity index (χ1) is 13.4. The first kappa shape index (κ1) is 22.6. The molecule has 1 aromatic heterocycles. The normalized spacial score (nSPS) is 11.9. The summed E-state index contributed by atoms with van der Waals surface area (Å²) in [4.78, 5) is 23.2. The molecule has 2 aromatic rings. The van der Waals surface area contributed by atoms with Gasteiger partial charge in [0.2, 0.25) is 10.0 Å². The number of sulfonamides is 1. The Hall–Kier alpha value is -2.64. The third-order valence-electron chi connectivity index (χ3n) is 3.35. The monoisotopic (exact) mass is 454 g/mol. The SMILES string of the molecule is Cn1cc(S(=O)(=O)NCC(=O)OCC(=O)Nc2c(Cl)cccc2C(F)(F)F)cn1. The van der Waals surface area contributed by atoms with Crippen molar-refractivity contribution in [2.24, 2.45) is 7.05 Å². The molecule has 29 heavy (non-hydrogen) atoms. The average Bonchev–Trinajstić information content (AvgIpc) is 3.06. The van der Waals surface area contributed by atoms with Gasteiger partial charge in [-0.25, -0.2) is 8.42 Å². The van der Waals surface area contributed by atoms with Crippen LogP contribution in [0.4, 0.5) is 18.9 Å². The second-order valence-electron chi connectivity index (χ2n) is 5.54. The van der Waals surface area contributed by atoms with Crippen LogP contribution in [-0.2, 0) is 37.6 Å². The summed E-state index contributed by atoms with van der Waals surface area (Å²) in [6.07, 6.45) is -2.51. The third kappa shape index (κ3) is 6.17. The standard InChI is InChI=1S/C15H14ClF3N4O5S/c1-23-7-9(5-20-23)29(26,27)21-6-13(25)28-8-12(24)22-14-10(15(17,18)19)3-2-4-11(14)16/h2-5,7,21H,6,8H2,1H3,(H,22,24). The molecule has 0 spiro atoms. The number of halogens is 4. The van der Waals surface area contributed by atoms with Crippen molar-refractivity contribution in [2.45, 2.75) is 11.1 Å². The minimum atomic E-state index is -4.77. The minimum absolute atomic E-state index is 0.191. The summed E-state index contributed by atoms with van der Waals surface area (Å²) in [5.74, 6) is -2.21. The highest BCUT2D eigenvalue weighted by Gasteiger charge is 2.34. The van der Waals surface area contributed by atoms with Crippen molar-refractivity contribution in [3.63, 3.8) is 0 Å². The number of anilines is 1. The number of esters is 1. The van der Waals surface area contributed by atoms with Gasteiger partial charge in [0, 0.05) is 13.2 Å². The van der Waals surface area contributed by atoms with Crippen molar-refractivity contribution >= 4 is 39.2 Å². The van der Waals surface area contributed by atoms with Crippen LogP contribution >= 0.6 is 11.6 Å². The van der Waals surface area contributed by atoms with Crippen molar-refractivity contribution in [1.82, 2.24) is 14.5 Å². The molecule has 0 saturated carbocycles. The number of nitrogens with zero attached hydrogens (tertiary/aromatic N) is 2. The second-order valence-corrected chi connectivity index (χ2v) is 7.72. The van der Waals surface area contributed by atoms with Gasteiger partial charge in [0.15, 0.2) is 6.61 Å². The Balaban J connectivity index is 1.91. The molecule has 0 unspecified atom stereocenters. The van der Waals surface area contributed by atoms with Gasteiger partial charge in [-0.15, -0.1) is 0 Å². The second kappa shape index (κ2) is 8.80. The van der Waals surface area contributed by atoms with Gasteiger partial charge in [-0.05, 0) is 12.1 Å². The fraction of sp³-hybridized carbons (Fsp3) is 0.267. The Labute approximate surface area is 167 Å². The van der Waals surface area contributed by atoms with Gasteiger partial charge in [-0.2, -0.15) is 23.0 Å². The smallest absolute Gasteiger partial charge is 0.418 e. The molecule has 0 aliphatic rings. The van der Waals surface area contributed by atoms with E-state index in [0.29, 0.717) is 0 Å². The van der Waals surface area contributed by atoms with E-state index in [1.165, 1.54) is 17.9 Å². The van der Waals surface area contributed by atoms with E-state index in [1.807, 2.05) is 10.0 Å². The van der Waals surface area contributed by atoms with Gasteiger partial charge in [0.05, 0.1) is 22.5 Å². The van der Waals surface area contributed by atoms with Crippen LogP contribution < -0.4 is 10.0 Å². The summed E-state index contributed by atoms with van der Waals surface area (Å²) in [6, 6.07) is 2.93. The van der Waals surface area contributed by atoms with Crippen LogP contribution in [0.3, 0.4) is 0 Å². The Morgan fingerprint density at radius 1 is 1.31 bits per heavy atom. The first-order valence-corrected chi connectivity index (χ1v) is 9.56. The highest BCUT2D eigenvalue weighted by molar-refractivity contribution is 7.89. The van der Waals surface area contributed by atoms with Crippen LogP contribution in [0.2, 0.25) is 5.02 Å². The number of aryl methyl sites for hydroxylation is 1. The predicted octanol–water partition coefficient (Wildman–Crippen LogP) is 1.55. The lowest BCUT2D eigenvalue weighted by molar-refractivity contribution is -0.146. The van der Waals surface area contributed by atoms with E-state index >= 15 is 0 Å². The summed E-state index contributed by atoms with van der Waals surface area (Å²) >= 11 is 5.70. The van der Waals surface area contributed by atoms with Crippen LogP contribution in [0.25, 0.3) is 0 Å². The number of hydrogen-bond donors (Lipinski definition) is 2. The number of amides is 1. The number of aromatic nitrogens is 2. The van der Waals surface area contributed by atoms with Crippen molar-refractivity contribution in [2.75, 3.05) is 18.5 Å². The van der Waals surface area contributed by atoms with Crippen LogP contribution in [0, 0.1) is 0 Å². The number of para-hydroxylation sites is 1. The lowest BCUT2D eigenvalue weighted by Crippen LogP contribution is -2.32. The van der Waals surface area contributed by atoms with Gasteiger partial charge in [-0.1, -0.05) is 17.7 Å². The van der Waals surface area contributed by atoms with E-state index in [0.717, 1.165) is 24.4 Å². The van der Waals surface area contributed by atoms with E-state index in [-0.39, 0.29) is 9.92 Å². The number of nitrogens with one attached hydrogen (secondary N) is 2. The van der Waals surface area contributed by atoms with Crippen molar-refractivity contribution in [1.29, 1.82) is 0 Å². The maximum absolute atomic E-state index is 13.0. The lowest BCUT2D eigenvalue weighted by Gasteiger charge is -2.15. The average molecular weight is 455 g/mol. The van der Waals surface area contributed by atoms with E-state index in [1.54, 1.807) is 0 Å². The maximum Gasteiger partial charge on any atom is 0.418 e. The molecule has 14 heteroatoms. The minimum Gasteiger partial charge on any atom is -0.455 e. The van der Waals surface area contributed by atoms with Gasteiger partial charge >= 0.3 is 12.1 Å². The number of carbonyl (C=O) groups is 2. The van der Waals surface area contributed by atoms with Crippen molar-refractivity contribution in [3.05, 3.63) is 41.2 Å². The molecule has 1 heterocycles. The largest absolute Gasteiger partial charge is 0.455 e. The van der Waals surface area contributed by atoms with Gasteiger partial charge in [0.25, 0.3) is 5.91 Å². The fourth-order valence-corrected chi connectivity index (χ4v) is 3.21. The van der Waals surface area contributed by atoms with Crippen LogP contribution in [0.15, 0.2) is 35.5 Å². The molecule has 158 valence electrons. The topological polar surface area (TPSA) is 119 Å². The van der Waals surface area contributed by atoms with E-state index in [4.69, 9.17) is 11.6 Å². The van der Waals surface area contributed by atoms with Gasteiger partial charge < -0.3 is 10.1 Å². The molecule has 0 bridgehead atoms. The fourth-order valence-electron chi connectivity index (χ4n) is 2.03. The number of carbonyl (C=O) groups excluding carboxylic acids is 2. The molecule has 0 fully saturated rings. The van der Waals surface area contributed by atoms with Crippen LogP contribution in [-0.4, -0.2) is 43.2 Å². The van der Waals surface area contributed by atoms with Gasteiger partial charge in [0.1, 0.15) is 11.4 Å². The van der Waals surface area contributed by atoms with Crippen molar-refractivity contribution in [3.8, 4) is 0 Å². The zero-order chi connectivity index (χ0) is 21.8. The molecule has 9 nitrogen and oxygen atoms in total. The predicted molar refractivity (Wildman–Crippen MR) is 94.4 cm³/mol. The molecule has 0 saturated heterocycles. The summed E-state index contributed by atoms with van der Waals surface area (Å²) in [7, 11) is -2.53. The highest BCUT2D eigenvalue weighted by Crippen LogP contribution is 2.38. The molecule has 2 N–H and O–H groups in total. The Kier molecular flexibility index (Phi) is 6.87. The summed E-state index contributed by atoms with van der Waals surface area (Å²) in [5, 5.41) is 5.24. The Morgan fingerprint density at radius 3 is 2.59 bits per heavy atom. The van der Waals surface area contributed by atoms with E-state index < -0.39 is 52.5 Å². The molecule has 0 aliphatic carbocycles. The summed E-state index contributed by atoms with van der Waals surface area (Å²) < 4.78 is 70.5. The molecule has 0 aliphatic heterocycles. The maximum atomic E-state index is 13.0. The molecule has 2 rings (SSSR count). The number of ether oxygens (including phenoxy) is 1. The zero-order valence-electron chi connectivity index (χ0n) is 14.7. The Bertz CT molecular complexity index is 1020. The molecule has 0 atom stereocenters. The van der Waals surface area contributed by atoms with Crippen LogP contribution in [0.5, 0.6) is 0 Å². The number of alkyl halides is 3. The zero-order valence-corrected chi connectivity index (χ0v) is 16.2. The third-order valence-corrected chi connectivity index (χ3v) is 5.02. The van der Waals surface area contributed by atoms with Gasteiger partial charge in [-0.3, -0.25) is 14.3 Å². The molecular formula is C15H14ClF3N4O5S. The van der Waals surface area contributed by atoms with E-state index in [2.05, 4.69) is 9.84 Å². The number of benzene rings is 1. The number of rotatable bonds is 7. The number of hydrogen-bond acceptors (Lipinski definition) is 6. The Morgan fingerprint density at radius 2 is 2.00 bits per heavy atom. The van der Waals surface area contributed by atoms with Crippen molar-refractivity contribution < 1.29 is 35.9 Å². The highest BCUT2D eigenvalue weighted by atomic mass is 35.5. The molecule has 1 amide bonds. The first-order valence-electron chi connectivity index (χ1n) is 7.69.